The van der Waals surface area contributed by atoms with E-state index >= 15 is 0 Å². The van der Waals surface area contributed by atoms with Gasteiger partial charge in [-0.2, -0.15) is 0 Å². The van der Waals surface area contributed by atoms with Crippen LogP contribution in [0.25, 0.3) is 6.08 Å². The van der Waals surface area contributed by atoms with Gasteiger partial charge >= 0.3 is 5.97 Å². The summed E-state index contributed by atoms with van der Waals surface area (Å²) < 4.78 is 5.18. The number of esters is 1. The van der Waals surface area contributed by atoms with E-state index in [9.17, 15) is 9.59 Å². The molecule has 0 atom stereocenters. The molecule has 1 aliphatic heterocycles. The van der Waals surface area contributed by atoms with Crippen LogP contribution in [0, 0.1) is 0 Å². The third kappa shape index (κ3) is 3.11. The molecular formula is C18H13NO3S2. The Morgan fingerprint density at radius 1 is 1.12 bits per heavy atom. The molecular weight excluding hydrogens is 342 g/mol. The van der Waals surface area contributed by atoms with Gasteiger partial charge in [-0.05, 0) is 23.8 Å². The van der Waals surface area contributed by atoms with E-state index in [1.54, 1.807) is 30.3 Å². The summed E-state index contributed by atoms with van der Waals surface area (Å²) in [5.41, 5.74) is 1.65. The second-order valence-corrected chi connectivity index (χ2v) is 6.61. The number of para-hydroxylation sites is 1. The highest BCUT2D eigenvalue weighted by molar-refractivity contribution is 8.27. The molecule has 120 valence electrons. The molecule has 0 aliphatic carbocycles. The number of carbonyl (C=O) groups is 2. The van der Waals surface area contributed by atoms with Crippen LogP contribution in [0.2, 0.25) is 0 Å². The Morgan fingerprint density at radius 3 is 2.50 bits per heavy atom. The zero-order valence-corrected chi connectivity index (χ0v) is 14.4. The summed E-state index contributed by atoms with van der Waals surface area (Å²) in [7, 11) is 1.30. The molecule has 0 saturated carbocycles. The predicted molar refractivity (Wildman–Crippen MR) is 99.9 cm³/mol. The molecule has 6 heteroatoms. The van der Waals surface area contributed by atoms with E-state index in [0.717, 1.165) is 5.56 Å². The summed E-state index contributed by atoms with van der Waals surface area (Å²) in [6.07, 6.45) is 1.79. The van der Waals surface area contributed by atoms with Crippen LogP contribution in [0.15, 0.2) is 59.5 Å². The predicted octanol–water partition coefficient (Wildman–Crippen LogP) is 3.88. The molecule has 1 fully saturated rings. The van der Waals surface area contributed by atoms with Crippen LogP contribution in [0.1, 0.15) is 15.9 Å². The Bertz CT molecular complexity index is 846. The molecule has 0 aromatic heterocycles. The SMILES string of the molecule is COC(=O)c1ccccc1N1C(=O)/C(=C/c2ccccc2)SC1=S. The average molecular weight is 355 g/mol. The highest BCUT2D eigenvalue weighted by atomic mass is 32.2. The van der Waals surface area contributed by atoms with Crippen molar-refractivity contribution in [2.24, 2.45) is 0 Å². The van der Waals surface area contributed by atoms with Crippen molar-refractivity contribution in [3.05, 3.63) is 70.6 Å². The number of carbonyl (C=O) groups excluding carboxylic acids is 2. The highest BCUT2D eigenvalue weighted by Crippen LogP contribution is 2.37. The number of thioether (sulfide) groups is 1. The lowest BCUT2D eigenvalue weighted by Gasteiger charge is -2.17. The monoisotopic (exact) mass is 355 g/mol. The van der Waals surface area contributed by atoms with E-state index in [2.05, 4.69) is 0 Å². The number of rotatable bonds is 3. The number of nitrogens with zero attached hydrogens (tertiary/aromatic N) is 1. The number of amides is 1. The Hall–Kier alpha value is -2.44. The Kier molecular flexibility index (Phi) is 4.78. The summed E-state index contributed by atoms with van der Waals surface area (Å²) in [6.45, 7) is 0. The van der Waals surface area contributed by atoms with E-state index in [4.69, 9.17) is 17.0 Å². The van der Waals surface area contributed by atoms with Gasteiger partial charge in [0, 0.05) is 0 Å². The first kappa shape index (κ1) is 16.4. The first-order valence-corrected chi connectivity index (χ1v) is 8.34. The molecule has 3 rings (SSSR count). The molecule has 24 heavy (non-hydrogen) atoms. The number of thiocarbonyl (C=S) groups is 1. The second kappa shape index (κ2) is 6.98. The molecule has 0 radical (unpaired) electrons. The zero-order chi connectivity index (χ0) is 17.1. The average Bonchev–Trinajstić information content (AvgIpc) is 2.88. The lowest BCUT2D eigenvalue weighted by molar-refractivity contribution is -0.113. The summed E-state index contributed by atoms with van der Waals surface area (Å²) in [4.78, 5) is 26.6. The number of hydrogen-bond acceptors (Lipinski definition) is 5. The minimum atomic E-state index is -0.508. The van der Waals surface area contributed by atoms with Crippen molar-refractivity contribution >= 4 is 51.9 Å². The van der Waals surface area contributed by atoms with E-state index in [1.807, 2.05) is 30.3 Å². The Balaban J connectivity index is 1.99. The van der Waals surface area contributed by atoms with Gasteiger partial charge in [0.1, 0.15) is 0 Å². The molecule has 0 N–H and O–H groups in total. The van der Waals surface area contributed by atoms with Crippen LogP contribution in [-0.4, -0.2) is 23.3 Å². The lowest BCUT2D eigenvalue weighted by atomic mass is 10.1. The summed E-state index contributed by atoms with van der Waals surface area (Å²) in [5, 5.41) is 0. The Morgan fingerprint density at radius 2 is 1.79 bits per heavy atom. The van der Waals surface area contributed by atoms with Gasteiger partial charge in [0.2, 0.25) is 0 Å². The van der Waals surface area contributed by atoms with E-state index in [-0.39, 0.29) is 5.91 Å². The summed E-state index contributed by atoms with van der Waals surface area (Å²) in [6, 6.07) is 16.3. The maximum absolute atomic E-state index is 12.8. The molecule has 0 unspecified atom stereocenters. The maximum atomic E-state index is 12.8. The summed E-state index contributed by atoms with van der Waals surface area (Å²) in [5.74, 6) is -0.753. The maximum Gasteiger partial charge on any atom is 0.339 e. The first-order chi connectivity index (χ1) is 11.6. The van der Waals surface area contributed by atoms with Gasteiger partial charge in [0.15, 0.2) is 4.32 Å². The molecule has 2 aromatic carbocycles. The molecule has 1 saturated heterocycles. The fourth-order valence-corrected chi connectivity index (χ4v) is 3.61. The number of hydrogen-bond donors (Lipinski definition) is 0. The van der Waals surface area contributed by atoms with Gasteiger partial charge in [-0.25, -0.2) is 4.79 Å². The van der Waals surface area contributed by atoms with Crippen molar-refractivity contribution in [2.75, 3.05) is 12.0 Å². The second-order valence-electron chi connectivity index (χ2n) is 4.94. The van der Waals surface area contributed by atoms with Crippen LogP contribution in [0.5, 0.6) is 0 Å². The molecule has 2 aromatic rings. The third-order valence-corrected chi connectivity index (χ3v) is 4.74. The van der Waals surface area contributed by atoms with E-state index in [0.29, 0.717) is 20.5 Å². The molecule has 4 nitrogen and oxygen atoms in total. The summed E-state index contributed by atoms with van der Waals surface area (Å²) >= 11 is 6.57. The smallest absolute Gasteiger partial charge is 0.339 e. The van der Waals surface area contributed by atoms with Gasteiger partial charge < -0.3 is 4.74 Å². The van der Waals surface area contributed by atoms with Gasteiger partial charge in [-0.15, -0.1) is 0 Å². The quantitative estimate of drug-likeness (QED) is 0.475. The van der Waals surface area contributed by atoms with Gasteiger partial charge in [0.25, 0.3) is 5.91 Å². The number of methoxy groups -OCH3 is 1. The van der Waals surface area contributed by atoms with Crippen molar-refractivity contribution in [3.63, 3.8) is 0 Å². The van der Waals surface area contributed by atoms with Crippen LogP contribution in [0.4, 0.5) is 5.69 Å². The van der Waals surface area contributed by atoms with Crippen molar-refractivity contribution < 1.29 is 14.3 Å². The fourth-order valence-electron chi connectivity index (χ4n) is 2.33. The molecule has 0 bridgehead atoms. The van der Waals surface area contributed by atoms with Crippen molar-refractivity contribution in [3.8, 4) is 0 Å². The molecule has 1 amide bonds. The van der Waals surface area contributed by atoms with Gasteiger partial charge in [0.05, 0.1) is 23.3 Å². The first-order valence-electron chi connectivity index (χ1n) is 7.12. The Labute approximate surface area is 149 Å². The van der Waals surface area contributed by atoms with Crippen LogP contribution < -0.4 is 4.90 Å². The van der Waals surface area contributed by atoms with E-state index < -0.39 is 5.97 Å². The van der Waals surface area contributed by atoms with Crippen LogP contribution >= 0.6 is 24.0 Å². The molecule has 1 heterocycles. The fraction of sp³-hybridized carbons (Fsp3) is 0.0556. The van der Waals surface area contributed by atoms with Gasteiger partial charge in [-0.3, -0.25) is 9.69 Å². The minimum Gasteiger partial charge on any atom is -0.465 e. The molecule has 0 spiro atoms. The van der Waals surface area contributed by atoms with Gasteiger partial charge in [-0.1, -0.05) is 66.4 Å². The van der Waals surface area contributed by atoms with Crippen molar-refractivity contribution in [1.29, 1.82) is 0 Å². The lowest BCUT2D eigenvalue weighted by Crippen LogP contribution is -2.29. The zero-order valence-electron chi connectivity index (χ0n) is 12.8. The van der Waals surface area contributed by atoms with Crippen LogP contribution in [0.3, 0.4) is 0 Å². The highest BCUT2D eigenvalue weighted by Gasteiger charge is 2.35. The van der Waals surface area contributed by atoms with Crippen molar-refractivity contribution in [2.45, 2.75) is 0 Å². The number of benzene rings is 2. The standard InChI is InChI=1S/C18H13NO3S2/c1-22-17(21)13-9-5-6-10-14(13)19-16(20)15(24-18(19)23)11-12-7-3-2-4-8-12/h2-11H,1H3/b15-11-. The topological polar surface area (TPSA) is 46.6 Å². The normalized spacial score (nSPS) is 15.9. The van der Waals surface area contributed by atoms with E-state index in [1.165, 1.54) is 23.8 Å². The number of anilines is 1. The third-order valence-electron chi connectivity index (χ3n) is 3.44. The number of ether oxygens (including phenoxy) is 1. The minimum absolute atomic E-state index is 0.245. The van der Waals surface area contributed by atoms with Crippen molar-refractivity contribution in [1.82, 2.24) is 0 Å². The molecule has 1 aliphatic rings. The van der Waals surface area contributed by atoms with Crippen LogP contribution in [-0.2, 0) is 9.53 Å². The largest absolute Gasteiger partial charge is 0.465 e.